The Morgan fingerprint density at radius 1 is 1.07 bits per heavy atom. The molecule has 154 valence electrons. The van der Waals surface area contributed by atoms with Gasteiger partial charge < -0.3 is 10.1 Å². The van der Waals surface area contributed by atoms with Gasteiger partial charge in [-0.15, -0.1) is 0 Å². The molecule has 3 rings (SSSR count). The van der Waals surface area contributed by atoms with Gasteiger partial charge in [0.15, 0.2) is 0 Å². The van der Waals surface area contributed by atoms with Crippen molar-refractivity contribution in [1.29, 1.82) is 0 Å². The van der Waals surface area contributed by atoms with E-state index < -0.39 is 15.9 Å². The molecule has 3 aromatic rings. The molecular formula is C20H17FN4O4S. The fourth-order valence-electron chi connectivity index (χ4n) is 2.35. The predicted molar refractivity (Wildman–Crippen MR) is 110 cm³/mol. The minimum absolute atomic E-state index is 0.0140. The van der Waals surface area contributed by atoms with E-state index in [2.05, 4.69) is 20.0 Å². The maximum absolute atomic E-state index is 12.9. The molecular weight excluding hydrogens is 411 g/mol. The van der Waals surface area contributed by atoms with Gasteiger partial charge in [0.2, 0.25) is 11.8 Å². The highest BCUT2D eigenvalue weighted by Gasteiger charge is 2.15. The number of hydrogen-bond acceptors (Lipinski definition) is 6. The van der Waals surface area contributed by atoms with Crippen LogP contribution < -0.4 is 14.8 Å². The van der Waals surface area contributed by atoms with Crippen molar-refractivity contribution in [2.75, 3.05) is 17.1 Å². The summed E-state index contributed by atoms with van der Waals surface area (Å²) in [5, 5.41) is 2.61. The zero-order chi connectivity index (χ0) is 21.6. The van der Waals surface area contributed by atoms with Crippen molar-refractivity contribution in [2.24, 2.45) is 0 Å². The summed E-state index contributed by atoms with van der Waals surface area (Å²) < 4.78 is 45.1. The number of rotatable bonds is 7. The molecule has 0 fully saturated rings. The average Bonchev–Trinajstić information content (AvgIpc) is 2.73. The van der Waals surface area contributed by atoms with Gasteiger partial charge in [0.25, 0.3) is 10.0 Å². The maximum Gasteiger partial charge on any atom is 0.263 e. The number of nitrogens with one attached hydrogen (secondary N) is 2. The number of halogens is 1. The van der Waals surface area contributed by atoms with Gasteiger partial charge in [-0.2, -0.15) is 0 Å². The van der Waals surface area contributed by atoms with Crippen molar-refractivity contribution >= 4 is 33.5 Å². The van der Waals surface area contributed by atoms with Crippen molar-refractivity contribution in [3.63, 3.8) is 0 Å². The molecule has 1 aromatic heterocycles. The lowest BCUT2D eigenvalue weighted by atomic mass is 10.2. The number of hydrogen-bond donors (Lipinski definition) is 2. The van der Waals surface area contributed by atoms with Crippen LogP contribution in [0.5, 0.6) is 5.88 Å². The normalized spacial score (nSPS) is 11.3. The van der Waals surface area contributed by atoms with E-state index in [0.29, 0.717) is 11.3 Å². The molecule has 30 heavy (non-hydrogen) atoms. The molecule has 0 aliphatic rings. The second-order valence-corrected chi connectivity index (χ2v) is 7.63. The molecule has 1 amide bonds. The Hall–Kier alpha value is -3.79. The minimum Gasteiger partial charge on any atom is -0.481 e. The molecule has 0 saturated carbocycles. The number of carbonyl (C=O) groups excluding carboxylic acids is 1. The molecule has 0 spiro atoms. The first-order valence-electron chi connectivity index (χ1n) is 8.59. The summed E-state index contributed by atoms with van der Waals surface area (Å²) >= 11 is 0. The van der Waals surface area contributed by atoms with E-state index in [1.165, 1.54) is 68.1 Å². The minimum atomic E-state index is -3.89. The van der Waals surface area contributed by atoms with Gasteiger partial charge in [0.05, 0.1) is 12.0 Å². The smallest absolute Gasteiger partial charge is 0.263 e. The second kappa shape index (κ2) is 9.14. The Bertz CT molecular complexity index is 1160. The summed E-state index contributed by atoms with van der Waals surface area (Å²) in [5.74, 6) is -0.499. The van der Waals surface area contributed by atoms with E-state index in [-0.39, 0.29) is 22.4 Å². The van der Waals surface area contributed by atoms with Crippen LogP contribution in [-0.4, -0.2) is 31.4 Å². The number of nitrogens with zero attached hydrogens (tertiary/aromatic N) is 2. The molecule has 2 aromatic carbocycles. The number of carbonyl (C=O) groups is 1. The Morgan fingerprint density at radius 2 is 1.77 bits per heavy atom. The SMILES string of the molecule is COc1cc(NS(=O)(=O)c2ccc(NC(=O)/C=C/c3ccc(F)cc3)cc2)ncn1. The van der Waals surface area contributed by atoms with Crippen LogP contribution in [0, 0.1) is 5.82 Å². The molecule has 0 atom stereocenters. The fourth-order valence-corrected chi connectivity index (χ4v) is 3.35. The third kappa shape index (κ3) is 5.61. The van der Waals surface area contributed by atoms with Crippen molar-refractivity contribution in [3.8, 4) is 5.88 Å². The van der Waals surface area contributed by atoms with Crippen LogP contribution in [0.3, 0.4) is 0 Å². The van der Waals surface area contributed by atoms with Gasteiger partial charge in [0.1, 0.15) is 18.0 Å². The van der Waals surface area contributed by atoms with Crippen molar-refractivity contribution < 1.29 is 22.3 Å². The molecule has 0 saturated heterocycles. The number of amides is 1. The Morgan fingerprint density at radius 3 is 2.43 bits per heavy atom. The van der Waals surface area contributed by atoms with E-state index >= 15 is 0 Å². The first kappa shape index (κ1) is 20.9. The lowest BCUT2D eigenvalue weighted by Gasteiger charge is -2.09. The van der Waals surface area contributed by atoms with Crippen LogP contribution in [0.1, 0.15) is 5.56 Å². The maximum atomic E-state index is 12.9. The molecule has 0 radical (unpaired) electrons. The van der Waals surface area contributed by atoms with Crippen LogP contribution in [0.4, 0.5) is 15.9 Å². The summed E-state index contributed by atoms with van der Waals surface area (Å²) in [5.41, 5.74) is 1.08. The molecule has 0 bridgehead atoms. The van der Waals surface area contributed by atoms with E-state index in [9.17, 15) is 17.6 Å². The molecule has 8 nitrogen and oxygen atoms in total. The number of ether oxygens (including phenoxy) is 1. The van der Waals surface area contributed by atoms with E-state index in [1.54, 1.807) is 12.1 Å². The van der Waals surface area contributed by atoms with Crippen molar-refractivity contribution in [1.82, 2.24) is 9.97 Å². The highest BCUT2D eigenvalue weighted by Crippen LogP contribution is 2.19. The molecule has 2 N–H and O–H groups in total. The van der Waals surface area contributed by atoms with Gasteiger partial charge in [-0.05, 0) is 48.0 Å². The number of benzene rings is 2. The zero-order valence-corrected chi connectivity index (χ0v) is 16.6. The number of anilines is 2. The monoisotopic (exact) mass is 428 g/mol. The standard InChI is InChI=1S/C20H17FN4O4S/c1-29-20-12-18(22-13-23-20)25-30(27,28)17-9-7-16(8-10-17)24-19(26)11-4-14-2-5-15(21)6-3-14/h2-13H,1H3,(H,24,26)(H,22,23,25)/b11-4+. The van der Waals surface area contributed by atoms with Gasteiger partial charge in [-0.1, -0.05) is 12.1 Å². The zero-order valence-electron chi connectivity index (χ0n) is 15.7. The molecule has 10 heteroatoms. The third-order valence-electron chi connectivity index (χ3n) is 3.82. The first-order valence-corrected chi connectivity index (χ1v) is 10.1. The van der Waals surface area contributed by atoms with E-state index in [4.69, 9.17) is 4.74 Å². The number of methoxy groups -OCH3 is 1. The van der Waals surface area contributed by atoms with Gasteiger partial charge in [0, 0.05) is 17.8 Å². The van der Waals surface area contributed by atoms with Crippen LogP contribution in [0.2, 0.25) is 0 Å². The fraction of sp³-hybridized carbons (Fsp3) is 0.0500. The first-order chi connectivity index (χ1) is 14.4. The van der Waals surface area contributed by atoms with Crippen LogP contribution in [0.25, 0.3) is 6.08 Å². The highest BCUT2D eigenvalue weighted by molar-refractivity contribution is 7.92. The Kier molecular flexibility index (Phi) is 6.38. The summed E-state index contributed by atoms with van der Waals surface area (Å²) in [6.07, 6.45) is 4.00. The van der Waals surface area contributed by atoms with Gasteiger partial charge in [-0.3, -0.25) is 9.52 Å². The Balaban J connectivity index is 1.64. The van der Waals surface area contributed by atoms with E-state index in [1.807, 2.05) is 0 Å². The summed E-state index contributed by atoms with van der Waals surface area (Å²) in [6.45, 7) is 0. The lowest BCUT2D eigenvalue weighted by Crippen LogP contribution is -2.14. The lowest BCUT2D eigenvalue weighted by molar-refractivity contribution is -0.111. The molecule has 0 unspecified atom stereocenters. The van der Waals surface area contributed by atoms with Crippen LogP contribution >= 0.6 is 0 Å². The quantitative estimate of drug-likeness (QED) is 0.560. The van der Waals surface area contributed by atoms with Crippen LogP contribution in [0.15, 0.2) is 71.9 Å². The van der Waals surface area contributed by atoms with Crippen LogP contribution in [-0.2, 0) is 14.8 Å². The summed E-state index contributed by atoms with van der Waals surface area (Å²) in [6, 6.07) is 12.6. The highest BCUT2D eigenvalue weighted by atomic mass is 32.2. The third-order valence-corrected chi connectivity index (χ3v) is 5.19. The Labute approximate surface area is 172 Å². The van der Waals surface area contributed by atoms with Gasteiger partial charge >= 0.3 is 0 Å². The van der Waals surface area contributed by atoms with Crippen molar-refractivity contribution in [3.05, 3.63) is 78.4 Å². The van der Waals surface area contributed by atoms with Crippen molar-refractivity contribution in [2.45, 2.75) is 4.90 Å². The van der Waals surface area contributed by atoms with Gasteiger partial charge in [-0.25, -0.2) is 22.8 Å². The summed E-state index contributed by atoms with van der Waals surface area (Å²) in [4.78, 5) is 19.6. The number of sulfonamides is 1. The van der Waals surface area contributed by atoms with E-state index in [0.717, 1.165) is 0 Å². The molecule has 1 heterocycles. The topological polar surface area (TPSA) is 110 Å². The molecule has 0 aliphatic heterocycles. The predicted octanol–water partition coefficient (Wildman–Crippen LogP) is 3.08. The number of aromatic nitrogens is 2. The largest absolute Gasteiger partial charge is 0.481 e. The average molecular weight is 428 g/mol. The summed E-state index contributed by atoms with van der Waals surface area (Å²) in [7, 11) is -2.48. The molecule has 0 aliphatic carbocycles. The second-order valence-electron chi connectivity index (χ2n) is 5.95.